The van der Waals surface area contributed by atoms with Crippen LogP contribution in [0, 0.1) is 11.8 Å². The molecule has 0 spiro atoms. The van der Waals surface area contributed by atoms with Gasteiger partial charge in [0, 0.05) is 37.0 Å². The fourth-order valence-electron chi connectivity index (χ4n) is 3.13. The highest BCUT2D eigenvalue weighted by atomic mass is 16.5. The van der Waals surface area contributed by atoms with Crippen molar-refractivity contribution in [1.29, 1.82) is 0 Å². The minimum Gasteiger partial charge on any atom is -0.497 e. The fraction of sp³-hybridized carbons (Fsp3) is 0.273. The molecule has 3 N–H and O–H groups in total. The van der Waals surface area contributed by atoms with Crippen LogP contribution in [0.4, 0.5) is 5.95 Å². The van der Waals surface area contributed by atoms with Crippen LogP contribution < -0.4 is 20.5 Å². The molecule has 1 atom stereocenters. The van der Waals surface area contributed by atoms with Gasteiger partial charge in [0.25, 0.3) is 5.91 Å². The predicted octanol–water partition coefficient (Wildman–Crippen LogP) is 1.19. The molecule has 1 aromatic heterocycles. The Morgan fingerprint density at radius 3 is 2.58 bits per heavy atom. The van der Waals surface area contributed by atoms with Crippen LogP contribution in [0.25, 0.3) is 0 Å². The number of nitrogens with one attached hydrogen (secondary N) is 1. The van der Waals surface area contributed by atoms with E-state index in [2.05, 4.69) is 33.7 Å². The van der Waals surface area contributed by atoms with E-state index in [0.717, 1.165) is 6.42 Å². The van der Waals surface area contributed by atoms with Gasteiger partial charge in [-0.1, -0.05) is 12.5 Å². The molecule has 0 saturated carbocycles. The first-order chi connectivity index (χ1) is 14.9. The number of hydrogen-bond donors (Lipinski definition) is 2. The largest absolute Gasteiger partial charge is 0.497 e. The maximum Gasteiger partial charge on any atom is 0.253 e. The third kappa shape index (κ3) is 5.30. The number of hydrogen-bond acceptors (Lipinski definition) is 7. The molecule has 1 aliphatic rings. The SMILES string of the molecule is C=CC(=O)N1CC[C@H](Nc2ncc(C(N)=O)c(C#Cc3cc(OC)cc(OC)c3)n2)C1. The Morgan fingerprint density at radius 2 is 1.97 bits per heavy atom. The number of carbonyl (C=O) groups is 2. The maximum atomic E-state index is 11.8. The van der Waals surface area contributed by atoms with E-state index in [-0.39, 0.29) is 23.2 Å². The van der Waals surface area contributed by atoms with Crippen LogP contribution in [-0.2, 0) is 4.79 Å². The van der Waals surface area contributed by atoms with Crippen LogP contribution in [-0.4, -0.2) is 60.0 Å². The summed E-state index contributed by atoms with van der Waals surface area (Å²) in [5.74, 6) is 6.52. The van der Waals surface area contributed by atoms with Crippen LogP contribution in [0.15, 0.2) is 37.1 Å². The number of nitrogens with two attached hydrogens (primary N) is 1. The molecule has 1 aliphatic heterocycles. The van der Waals surface area contributed by atoms with Crippen LogP contribution in [0.2, 0.25) is 0 Å². The first-order valence-corrected chi connectivity index (χ1v) is 9.53. The summed E-state index contributed by atoms with van der Waals surface area (Å²) in [5.41, 5.74) is 6.39. The Morgan fingerprint density at radius 1 is 1.26 bits per heavy atom. The van der Waals surface area contributed by atoms with Gasteiger partial charge < -0.3 is 25.4 Å². The van der Waals surface area contributed by atoms with Crippen molar-refractivity contribution in [2.24, 2.45) is 5.73 Å². The third-order valence-corrected chi connectivity index (χ3v) is 4.74. The Hall–Kier alpha value is -4.06. The molecule has 1 saturated heterocycles. The number of carbonyl (C=O) groups excluding carboxylic acids is 2. The zero-order valence-electron chi connectivity index (χ0n) is 17.3. The molecular formula is C22H23N5O4. The van der Waals surface area contributed by atoms with Gasteiger partial charge in [0.2, 0.25) is 11.9 Å². The van der Waals surface area contributed by atoms with E-state index in [1.807, 2.05) is 0 Å². The first kappa shape index (κ1) is 21.6. The predicted molar refractivity (Wildman–Crippen MR) is 115 cm³/mol. The van der Waals surface area contributed by atoms with Gasteiger partial charge in [-0.25, -0.2) is 9.97 Å². The number of primary amides is 1. The number of benzene rings is 1. The van der Waals surface area contributed by atoms with Gasteiger partial charge in [-0.2, -0.15) is 0 Å². The maximum absolute atomic E-state index is 11.8. The molecule has 9 heteroatoms. The summed E-state index contributed by atoms with van der Waals surface area (Å²) >= 11 is 0. The second-order valence-electron chi connectivity index (χ2n) is 6.79. The summed E-state index contributed by atoms with van der Waals surface area (Å²) in [4.78, 5) is 33.8. The van der Waals surface area contributed by atoms with Gasteiger partial charge in [0.15, 0.2) is 0 Å². The van der Waals surface area contributed by atoms with Crippen LogP contribution >= 0.6 is 0 Å². The van der Waals surface area contributed by atoms with Crippen LogP contribution in [0.3, 0.4) is 0 Å². The van der Waals surface area contributed by atoms with Gasteiger partial charge in [0.05, 0.1) is 19.8 Å². The van der Waals surface area contributed by atoms with E-state index in [4.69, 9.17) is 15.2 Å². The summed E-state index contributed by atoms with van der Waals surface area (Å²) in [5, 5.41) is 3.18. The molecule has 2 amide bonds. The number of anilines is 1. The molecule has 0 bridgehead atoms. The van der Waals surface area contributed by atoms with E-state index in [1.54, 1.807) is 37.3 Å². The lowest BCUT2D eigenvalue weighted by atomic mass is 10.1. The molecule has 0 radical (unpaired) electrons. The van der Waals surface area contributed by atoms with Crippen LogP contribution in [0.5, 0.6) is 11.5 Å². The minimum atomic E-state index is -0.678. The molecular weight excluding hydrogens is 398 g/mol. The zero-order valence-corrected chi connectivity index (χ0v) is 17.3. The average Bonchev–Trinajstić information content (AvgIpc) is 3.25. The van der Waals surface area contributed by atoms with Crippen molar-refractivity contribution in [1.82, 2.24) is 14.9 Å². The average molecular weight is 421 g/mol. The molecule has 31 heavy (non-hydrogen) atoms. The standard InChI is InChI=1S/C22H23N5O4/c1-4-20(28)27-8-7-15(13-27)25-22-24-12-18(21(23)29)19(26-22)6-5-14-9-16(30-2)11-17(10-14)31-3/h4,9-12,15H,1,7-8,13H2,2-3H3,(H2,23,29)(H,24,25,26)/t15-/m0/s1. The first-order valence-electron chi connectivity index (χ1n) is 9.53. The highest BCUT2D eigenvalue weighted by Crippen LogP contribution is 2.22. The van der Waals surface area contributed by atoms with E-state index in [1.165, 1.54) is 12.3 Å². The lowest BCUT2D eigenvalue weighted by Gasteiger charge is -2.15. The normalized spacial score (nSPS) is 14.9. The minimum absolute atomic E-state index is 0.0215. The molecule has 0 aliphatic carbocycles. The number of amides is 2. The number of methoxy groups -OCH3 is 2. The topological polar surface area (TPSA) is 120 Å². The Bertz CT molecular complexity index is 1050. The summed E-state index contributed by atoms with van der Waals surface area (Å²) in [6.07, 6.45) is 3.38. The van der Waals surface area contributed by atoms with E-state index in [0.29, 0.717) is 36.1 Å². The molecule has 9 nitrogen and oxygen atoms in total. The van der Waals surface area contributed by atoms with Crippen molar-refractivity contribution < 1.29 is 19.1 Å². The van der Waals surface area contributed by atoms with Crippen molar-refractivity contribution in [3.05, 3.63) is 53.9 Å². The Balaban J connectivity index is 1.86. The second kappa shape index (κ2) is 9.63. The van der Waals surface area contributed by atoms with Crippen LogP contribution in [0.1, 0.15) is 28.0 Å². The van der Waals surface area contributed by atoms with Gasteiger partial charge in [0.1, 0.15) is 17.2 Å². The lowest BCUT2D eigenvalue weighted by molar-refractivity contribution is -0.125. The highest BCUT2D eigenvalue weighted by Gasteiger charge is 2.25. The number of rotatable bonds is 6. The van der Waals surface area contributed by atoms with Crippen molar-refractivity contribution in [2.45, 2.75) is 12.5 Å². The second-order valence-corrected chi connectivity index (χ2v) is 6.79. The summed E-state index contributed by atoms with van der Waals surface area (Å²) in [6, 6.07) is 5.19. The number of aromatic nitrogens is 2. The van der Waals surface area contributed by atoms with Gasteiger partial charge in [-0.15, -0.1) is 0 Å². The van der Waals surface area contributed by atoms with Gasteiger partial charge in [-0.05, 0) is 30.6 Å². The molecule has 2 heterocycles. The monoisotopic (exact) mass is 421 g/mol. The zero-order chi connectivity index (χ0) is 22.4. The quantitative estimate of drug-likeness (QED) is 0.531. The molecule has 160 valence electrons. The summed E-state index contributed by atoms with van der Waals surface area (Å²) in [7, 11) is 3.10. The molecule has 2 aromatic rings. The third-order valence-electron chi connectivity index (χ3n) is 4.74. The number of ether oxygens (including phenoxy) is 2. The molecule has 1 aromatic carbocycles. The number of likely N-dealkylation sites (tertiary alicyclic amines) is 1. The van der Waals surface area contributed by atoms with Gasteiger partial charge in [-0.3, -0.25) is 9.59 Å². The van der Waals surface area contributed by atoms with E-state index >= 15 is 0 Å². The molecule has 3 rings (SSSR count). The van der Waals surface area contributed by atoms with Crippen molar-refractivity contribution in [2.75, 3.05) is 32.6 Å². The number of nitrogens with zero attached hydrogens (tertiary/aromatic N) is 3. The lowest BCUT2D eigenvalue weighted by Crippen LogP contribution is -2.30. The molecule has 0 unspecified atom stereocenters. The molecule has 1 fully saturated rings. The van der Waals surface area contributed by atoms with E-state index < -0.39 is 5.91 Å². The van der Waals surface area contributed by atoms with Crippen molar-refractivity contribution in [3.63, 3.8) is 0 Å². The Labute approximate surface area is 180 Å². The Kier molecular flexibility index (Phi) is 6.72. The highest BCUT2D eigenvalue weighted by molar-refractivity contribution is 5.94. The summed E-state index contributed by atoms with van der Waals surface area (Å²) in [6.45, 7) is 4.64. The van der Waals surface area contributed by atoms with Gasteiger partial charge >= 0.3 is 0 Å². The summed E-state index contributed by atoms with van der Waals surface area (Å²) < 4.78 is 10.5. The smallest absolute Gasteiger partial charge is 0.253 e. The van der Waals surface area contributed by atoms with E-state index in [9.17, 15) is 9.59 Å². The fourth-order valence-corrected chi connectivity index (χ4v) is 3.13. The van der Waals surface area contributed by atoms with Crippen molar-refractivity contribution in [3.8, 4) is 23.3 Å². The van der Waals surface area contributed by atoms with Crippen molar-refractivity contribution >= 4 is 17.8 Å².